The van der Waals surface area contributed by atoms with Gasteiger partial charge in [-0.3, -0.25) is 10.2 Å². The van der Waals surface area contributed by atoms with E-state index in [1.54, 1.807) is 12.1 Å². The van der Waals surface area contributed by atoms with Crippen molar-refractivity contribution < 1.29 is 18.7 Å². The summed E-state index contributed by atoms with van der Waals surface area (Å²) in [6.07, 6.45) is 0. The van der Waals surface area contributed by atoms with Crippen molar-refractivity contribution in [3.8, 4) is 11.5 Å². The summed E-state index contributed by atoms with van der Waals surface area (Å²) in [5.74, 6) is 0.100. The molecular formula is C14H12FN3O3. The summed E-state index contributed by atoms with van der Waals surface area (Å²) in [5.41, 5.74) is 9.25. The summed E-state index contributed by atoms with van der Waals surface area (Å²) < 4.78 is 18.2. The molecule has 0 saturated heterocycles. The minimum Gasteiger partial charge on any atom is -0.457 e. The molecule has 0 aliphatic carbocycles. The number of benzene rings is 2. The van der Waals surface area contributed by atoms with E-state index in [4.69, 9.17) is 10.5 Å². The van der Waals surface area contributed by atoms with E-state index >= 15 is 0 Å². The molecule has 108 valence electrons. The van der Waals surface area contributed by atoms with Crippen LogP contribution in [-0.4, -0.2) is 11.9 Å². The van der Waals surface area contributed by atoms with Gasteiger partial charge in [0.1, 0.15) is 17.3 Å². The van der Waals surface area contributed by atoms with E-state index in [-0.39, 0.29) is 5.82 Å². The van der Waals surface area contributed by atoms with E-state index in [1.165, 1.54) is 36.4 Å². The van der Waals surface area contributed by atoms with Crippen LogP contribution >= 0.6 is 0 Å². The van der Waals surface area contributed by atoms with Crippen LogP contribution in [0.15, 0.2) is 48.5 Å². The summed E-state index contributed by atoms with van der Waals surface area (Å²) in [4.78, 5) is 22.1. The molecule has 0 saturated carbocycles. The standard InChI is InChI=1S/C14H12FN3O3/c15-10-3-7-12(8-4-10)21-11-5-1-9(2-6-11)13(19)17-18-14(16)20/h1-8H,(H,17,19)(H3,16,18,20). The molecule has 3 amide bonds. The number of primary amides is 1. The molecule has 0 aromatic heterocycles. The molecule has 2 aromatic carbocycles. The topological polar surface area (TPSA) is 93.5 Å². The van der Waals surface area contributed by atoms with Crippen molar-refractivity contribution in [3.05, 3.63) is 59.9 Å². The molecule has 2 aromatic rings. The monoisotopic (exact) mass is 289 g/mol. The van der Waals surface area contributed by atoms with Crippen LogP contribution in [0.2, 0.25) is 0 Å². The first-order valence-corrected chi connectivity index (χ1v) is 5.94. The zero-order valence-electron chi connectivity index (χ0n) is 10.8. The molecule has 0 aliphatic rings. The van der Waals surface area contributed by atoms with Gasteiger partial charge in [-0.1, -0.05) is 0 Å². The number of carbonyl (C=O) groups excluding carboxylic acids is 2. The molecule has 0 unspecified atom stereocenters. The third-order valence-corrected chi connectivity index (χ3v) is 2.47. The first kappa shape index (κ1) is 14.3. The largest absolute Gasteiger partial charge is 0.457 e. The Bertz CT molecular complexity index is 642. The van der Waals surface area contributed by atoms with Crippen LogP contribution in [0.25, 0.3) is 0 Å². The van der Waals surface area contributed by atoms with Gasteiger partial charge in [-0.2, -0.15) is 0 Å². The summed E-state index contributed by atoms with van der Waals surface area (Å²) in [5, 5.41) is 0. The SMILES string of the molecule is NC(=O)NNC(=O)c1ccc(Oc2ccc(F)cc2)cc1. The normalized spacial score (nSPS) is 9.76. The van der Waals surface area contributed by atoms with Gasteiger partial charge < -0.3 is 10.5 Å². The smallest absolute Gasteiger partial charge is 0.330 e. The first-order chi connectivity index (χ1) is 10.0. The number of urea groups is 1. The zero-order chi connectivity index (χ0) is 15.2. The van der Waals surface area contributed by atoms with Gasteiger partial charge in [0.05, 0.1) is 0 Å². The number of nitrogens with two attached hydrogens (primary N) is 1. The van der Waals surface area contributed by atoms with E-state index in [0.29, 0.717) is 17.1 Å². The third kappa shape index (κ3) is 4.20. The van der Waals surface area contributed by atoms with Crippen molar-refractivity contribution in [2.24, 2.45) is 5.73 Å². The zero-order valence-corrected chi connectivity index (χ0v) is 10.8. The van der Waals surface area contributed by atoms with Crippen molar-refractivity contribution in [1.82, 2.24) is 10.9 Å². The predicted molar refractivity (Wildman–Crippen MR) is 73.1 cm³/mol. The molecule has 7 heteroatoms. The molecule has 0 atom stereocenters. The van der Waals surface area contributed by atoms with Gasteiger partial charge in [-0.05, 0) is 48.5 Å². The molecule has 6 nitrogen and oxygen atoms in total. The molecule has 0 heterocycles. The number of halogens is 1. The van der Waals surface area contributed by atoms with E-state index in [2.05, 4.69) is 5.43 Å². The summed E-state index contributed by atoms with van der Waals surface area (Å²) >= 11 is 0. The highest BCUT2D eigenvalue weighted by Crippen LogP contribution is 2.21. The highest BCUT2D eigenvalue weighted by atomic mass is 19.1. The van der Waals surface area contributed by atoms with Crippen LogP contribution in [0.1, 0.15) is 10.4 Å². The fraction of sp³-hybridized carbons (Fsp3) is 0. The number of amides is 3. The molecule has 0 radical (unpaired) electrons. The molecular weight excluding hydrogens is 277 g/mol. The van der Waals surface area contributed by atoms with Gasteiger partial charge in [0.2, 0.25) is 0 Å². The fourth-order valence-electron chi connectivity index (χ4n) is 1.50. The van der Waals surface area contributed by atoms with Crippen LogP contribution in [0.3, 0.4) is 0 Å². The lowest BCUT2D eigenvalue weighted by Gasteiger charge is -2.07. The maximum atomic E-state index is 12.8. The Morgan fingerprint density at radius 3 is 1.95 bits per heavy atom. The number of hydrogen-bond acceptors (Lipinski definition) is 3. The molecule has 0 spiro atoms. The van der Waals surface area contributed by atoms with Gasteiger partial charge in [0, 0.05) is 5.56 Å². The van der Waals surface area contributed by atoms with Crippen LogP contribution < -0.4 is 21.3 Å². The maximum Gasteiger partial charge on any atom is 0.330 e. The highest BCUT2D eigenvalue weighted by molar-refractivity contribution is 5.95. The molecule has 0 fully saturated rings. The van der Waals surface area contributed by atoms with Crippen molar-refractivity contribution >= 4 is 11.9 Å². The minimum atomic E-state index is -0.861. The van der Waals surface area contributed by atoms with Crippen molar-refractivity contribution in [2.75, 3.05) is 0 Å². The summed E-state index contributed by atoms with van der Waals surface area (Å²) in [6.45, 7) is 0. The lowest BCUT2D eigenvalue weighted by molar-refractivity contribution is 0.0937. The van der Waals surface area contributed by atoms with Gasteiger partial charge in [-0.25, -0.2) is 14.6 Å². The summed E-state index contributed by atoms with van der Waals surface area (Å²) in [7, 11) is 0. The third-order valence-electron chi connectivity index (χ3n) is 2.47. The van der Waals surface area contributed by atoms with E-state index in [0.717, 1.165) is 0 Å². The van der Waals surface area contributed by atoms with Gasteiger partial charge >= 0.3 is 6.03 Å². The number of ether oxygens (including phenoxy) is 1. The number of rotatable bonds is 3. The molecule has 0 aliphatic heterocycles. The van der Waals surface area contributed by atoms with Crippen LogP contribution in [0.4, 0.5) is 9.18 Å². The first-order valence-electron chi connectivity index (χ1n) is 5.94. The minimum absolute atomic E-state index is 0.315. The fourth-order valence-corrected chi connectivity index (χ4v) is 1.50. The Balaban J connectivity index is 2.00. The molecule has 2 rings (SSSR count). The highest BCUT2D eigenvalue weighted by Gasteiger charge is 2.06. The van der Waals surface area contributed by atoms with Gasteiger partial charge in [0.15, 0.2) is 0 Å². The van der Waals surface area contributed by atoms with Gasteiger partial charge in [-0.15, -0.1) is 0 Å². The van der Waals surface area contributed by atoms with E-state index < -0.39 is 11.9 Å². The lowest BCUT2D eigenvalue weighted by Crippen LogP contribution is -2.44. The summed E-state index contributed by atoms with van der Waals surface area (Å²) in [6, 6.07) is 10.9. The Morgan fingerprint density at radius 1 is 0.905 bits per heavy atom. The Labute approximate surface area is 119 Å². The van der Waals surface area contributed by atoms with Crippen LogP contribution in [-0.2, 0) is 0 Å². The second-order valence-corrected chi connectivity index (χ2v) is 4.02. The van der Waals surface area contributed by atoms with E-state index in [1.807, 2.05) is 5.43 Å². The van der Waals surface area contributed by atoms with Gasteiger partial charge in [0.25, 0.3) is 5.91 Å². The number of hydrogen-bond donors (Lipinski definition) is 3. The number of nitrogens with one attached hydrogen (secondary N) is 2. The van der Waals surface area contributed by atoms with Crippen LogP contribution in [0, 0.1) is 5.82 Å². The van der Waals surface area contributed by atoms with Crippen LogP contribution in [0.5, 0.6) is 11.5 Å². The molecule has 4 N–H and O–H groups in total. The van der Waals surface area contributed by atoms with Crippen molar-refractivity contribution in [3.63, 3.8) is 0 Å². The second kappa shape index (κ2) is 6.38. The van der Waals surface area contributed by atoms with E-state index in [9.17, 15) is 14.0 Å². The maximum absolute atomic E-state index is 12.8. The lowest BCUT2D eigenvalue weighted by atomic mass is 10.2. The Kier molecular flexibility index (Phi) is 4.35. The second-order valence-electron chi connectivity index (χ2n) is 4.02. The average Bonchev–Trinajstić information content (AvgIpc) is 2.48. The predicted octanol–water partition coefficient (Wildman–Crippen LogP) is 1.93. The quantitative estimate of drug-likeness (QED) is 0.754. The Morgan fingerprint density at radius 2 is 1.43 bits per heavy atom. The van der Waals surface area contributed by atoms with Crippen molar-refractivity contribution in [2.45, 2.75) is 0 Å². The Hall–Kier alpha value is -3.09. The van der Waals surface area contributed by atoms with Crippen molar-refractivity contribution in [1.29, 1.82) is 0 Å². The molecule has 21 heavy (non-hydrogen) atoms. The average molecular weight is 289 g/mol. The molecule has 0 bridgehead atoms. The number of hydrazine groups is 1. The number of carbonyl (C=O) groups is 2.